The zero-order chi connectivity index (χ0) is 18.1. The Bertz CT molecular complexity index is 721. The van der Waals surface area contributed by atoms with Gasteiger partial charge in [-0.25, -0.2) is 0 Å². The predicted octanol–water partition coefficient (Wildman–Crippen LogP) is 2.25. The number of aliphatic carboxylic acids is 1. The van der Waals surface area contributed by atoms with Gasteiger partial charge < -0.3 is 15.3 Å². The molecule has 2 amide bonds. The van der Waals surface area contributed by atoms with Gasteiger partial charge in [0.2, 0.25) is 11.8 Å². The highest BCUT2D eigenvalue weighted by Gasteiger charge is 2.46. The molecule has 0 bridgehead atoms. The van der Waals surface area contributed by atoms with Crippen LogP contribution in [0.5, 0.6) is 0 Å². The number of nitrogens with one attached hydrogen (secondary N) is 1. The Balaban J connectivity index is 1.71. The van der Waals surface area contributed by atoms with Crippen LogP contribution in [0.4, 0.5) is 5.69 Å². The monoisotopic (exact) mass is 362 g/mol. The van der Waals surface area contributed by atoms with Gasteiger partial charge in [0, 0.05) is 11.4 Å². The normalized spacial score (nSPS) is 25.4. The number of hydrogen-bond acceptors (Lipinski definition) is 4. The van der Waals surface area contributed by atoms with Crippen molar-refractivity contribution >= 4 is 35.2 Å². The molecule has 1 aliphatic heterocycles. The van der Waals surface area contributed by atoms with Crippen LogP contribution in [0.1, 0.15) is 24.0 Å². The highest BCUT2D eigenvalue weighted by molar-refractivity contribution is 7.99. The van der Waals surface area contributed by atoms with Crippen LogP contribution in [-0.2, 0) is 14.4 Å². The number of rotatable bonds is 4. The van der Waals surface area contributed by atoms with Gasteiger partial charge in [0.05, 0.1) is 17.7 Å². The van der Waals surface area contributed by atoms with Crippen LogP contribution in [0.15, 0.2) is 18.2 Å². The Hall–Kier alpha value is -2.02. The van der Waals surface area contributed by atoms with Gasteiger partial charge >= 0.3 is 5.97 Å². The molecule has 1 saturated heterocycles. The zero-order valence-electron chi connectivity index (χ0n) is 14.3. The summed E-state index contributed by atoms with van der Waals surface area (Å²) >= 11 is 1.52. The summed E-state index contributed by atoms with van der Waals surface area (Å²) in [6.07, 6.45) is 1.12. The maximum atomic E-state index is 12.7. The van der Waals surface area contributed by atoms with E-state index >= 15 is 0 Å². The molecule has 1 saturated carbocycles. The molecular weight excluding hydrogens is 340 g/mol. The molecule has 0 radical (unpaired) electrons. The summed E-state index contributed by atoms with van der Waals surface area (Å²) in [4.78, 5) is 38.1. The highest BCUT2D eigenvalue weighted by atomic mass is 32.2. The smallest absolute Gasteiger partial charge is 0.307 e. The Morgan fingerprint density at radius 2 is 1.92 bits per heavy atom. The first-order valence-corrected chi connectivity index (χ1v) is 9.53. The van der Waals surface area contributed by atoms with E-state index in [1.807, 2.05) is 32.0 Å². The second-order valence-electron chi connectivity index (χ2n) is 6.69. The largest absolute Gasteiger partial charge is 0.481 e. The number of anilines is 1. The van der Waals surface area contributed by atoms with Crippen molar-refractivity contribution in [1.29, 1.82) is 0 Å². The number of carbonyl (C=O) groups excluding carboxylic acids is 2. The van der Waals surface area contributed by atoms with Crippen molar-refractivity contribution in [3.05, 3.63) is 29.3 Å². The van der Waals surface area contributed by atoms with Crippen molar-refractivity contribution in [3.63, 3.8) is 0 Å². The lowest BCUT2D eigenvalue weighted by Gasteiger charge is -2.36. The molecule has 1 aliphatic carbocycles. The standard InChI is InChI=1S/C18H22N2O4S/c1-10-4-3-5-14(11(10)2)19-16(21)15-8-25-9-20(15)17(22)12-6-7-13(12)18(23)24/h3-5,12-13,15H,6-9H2,1-2H3,(H,19,21)(H,23,24). The van der Waals surface area contributed by atoms with Gasteiger partial charge in [-0.1, -0.05) is 12.1 Å². The van der Waals surface area contributed by atoms with E-state index < -0.39 is 23.8 Å². The van der Waals surface area contributed by atoms with Crippen molar-refractivity contribution in [2.45, 2.75) is 32.7 Å². The number of amides is 2. The summed E-state index contributed by atoms with van der Waals surface area (Å²) in [5, 5.41) is 12.1. The molecule has 0 aromatic heterocycles. The lowest BCUT2D eigenvalue weighted by molar-refractivity contribution is -0.157. The Kier molecular flexibility index (Phi) is 5.03. The molecule has 134 valence electrons. The van der Waals surface area contributed by atoms with E-state index in [1.165, 1.54) is 11.8 Å². The molecule has 25 heavy (non-hydrogen) atoms. The van der Waals surface area contributed by atoms with E-state index in [2.05, 4.69) is 5.32 Å². The number of carboxylic acid groups (broad SMARTS) is 1. The molecule has 1 aromatic rings. The maximum absolute atomic E-state index is 12.7. The summed E-state index contributed by atoms with van der Waals surface area (Å²) in [6.45, 7) is 3.93. The van der Waals surface area contributed by atoms with Crippen LogP contribution in [0.3, 0.4) is 0 Å². The van der Waals surface area contributed by atoms with Crippen molar-refractivity contribution in [3.8, 4) is 0 Å². The van der Waals surface area contributed by atoms with Gasteiger partial charge in [0.1, 0.15) is 6.04 Å². The van der Waals surface area contributed by atoms with Gasteiger partial charge in [-0.2, -0.15) is 0 Å². The first-order chi connectivity index (χ1) is 11.9. The second kappa shape index (κ2) is 7.07. The minimum atomic E-state index is -0.923. The molecule has 3 atom stereocenters. The average Bonchev–Trinajstić information content (AvgIpc) is 2.99. The molecule has 2 fully saturated rings. The first-order valence-electron chi connectivity index (χ1n) is 8.38. The summed E-state index contributed by atoms with van der Waals surface area (Å²) in [5.41, 5.74) is 2.84. The molecule has 6 nitrogen and oxygen atoms in total. The Morgan fingerprint density at radius 3 is 2.56 bits per heavy atom. The molecule has 2 aliphatic rings. The van der Waals surface area contributed by atoms with Gasteiger partial charge in [0.25, 0.3) is 0 Å². The molecule has 3 rings (SSSR count). The van der Waals surface area contributed by atoms with Crippen LogP contribution < -0.4 is 5.32 Å². The van der Waals surface area contributed by atoms with Crippen LogP contribution >= 0.6 is 11.8 Å². The quantitative estimate of drug-likeness (QED) is 0.858. The first kappa shape index (κ1) is 17.8. The highest BCUT2D eigenvalue weighted by Crippen LogP contribution is 2.38. The number of aryl methyl sites for hydroxylation is 1. The topological polar surface area (TPSA) is 86.7 Å². The molecule has 0 spiro atoms. The average molecular weight is 362 g/mol. The fourth-order valence-corrected chi connectivity index (χ4v) is 4.45. The summed E-state index contributed by atoms with van der Waals surface area (Å²) in [6, 6.07) is 5.17. The third-order valence-electron chi connectivity index (χ3n) is 5.24. The minimum absolute atomic E-state index is 0.204. The molecule has 1 aromatic carbocycles. The molecule has 1 heterocycles. The number of carbonyl (C=O) groups is 3. The van der Waals surface area contributed by atoms with Crippen LogP contribution in [0.25, 0.3) is 0 Å². The summed E-state index contributed by atoms with van der Waals surface area (Å²) in [5.74, 6) is -1.47. The Labute approximate surface area is 151 Å². The van der Waals surface area contributed by atoms with E-state index in [0.717, 1.165) is 16.8 Å². The van der Waals surface area contributed by atoms with E-state index in [9.17, 15) is 14.4 Å². The molecule has 2 N–H and O–H groups in total. The fourth-order valence-electron chi connectivity index (χ4n) is 3.28. The van der Waals surface area contributed by atoms with Gasteiger partial charge in [-0.3, -0.25) is 14.4 Å². The molecule has 7 heteroatoms. The van der Waals surface area contributed by atoms with Crippen molar-refractivity contribution in [2.24, 2.45) is 11.8 Å². The van der Waals surface area contributed by atoms with Crippen molar-refractivity contribution in [2.75, 3.05) is 16.9 Å². The van der Waals surface area contributed by atoms with Gasteiger partial charge in [0.15, 0.2) is 0 Å². The zero-order valence-corrected chi connectivity index (χ0v) is 15.1. The van der Waals surface area contributed by atoms with Crippen molar-refractivity contribution in [1.82, 2.24) is 4.90 Å². The molecule has 3 unspecified atom stereocenters. The van der Waals surface area contributed by atoms with Gasteiger partial charge in [-0.15, -0.1) is 11.8 Å². The number of nitrogens with zero attached hydrogens (tertiary/aromatic N) is 1. The Morgan fingerprint density at radius 1 is 1.20 bits per heavy atom. The minimum Gasteiger partial charge on any atom is -0.481 e. The second-order valence-corrected chi connectivity index (χ2v) is 7.69. The predicted molar refractivity (Wildman–Crippen MR) is 96.4 cm³/mol. The third kappa shape index (κ3) is 3.38. The number of thioether (sulfide) groups is 1. The number of benzene rings is 1. The molecular formula is C18H22N2O4S. The van der Waals surface area contributed by atoms with Crippen molar-refractivity contribution < 1.29 is 19.5 Å². The lowest BCUT2D eigenvalue weighted by atomic mass is 9.73. The number of carboxylic acids is 1. The van der Waals surface area contributed by atoms with E-state index in [1.54, 1.807) is 4.90 Å². The van der Waals surface area contributed by atoms with E-state index in [4.69, 9.17) is 5.11 Å². The van der Waals surface area contributed by atoms with Crippen LogP contribution in [0.2, 0.25) is 0 Å². The SMILES string of the molecule is Cc1cccc(NC(=O)C2CSCN2C(=O)C2CCC2C(=O)O)c1C. The third-order valence-corrected chi connectivity index (χ3v) is 6.25. The summed E-state index contributed by atoms with van der Waals surface area (Å²) < 4.78 is 0. The van der Waals surface area contributed by atoms with E-state index in [0.29, 0.717) is 24.5 Å². The van der Waals surface area contributed by atoms with Crippen LogP contribution in [0, 0.1) is 25.7 Å². The lowest BCUT2D eigenvalue weighted by Crippen LogP contribution is -2.51. The number of hydrogen-bond donors (Lipinski definition) is 2. The fraction of sp³-hybridized carbons (Fsp3) is 0.500. The van der Waals surface area contributed by atoms with Crippen LogP contribution in [-0.4, -0.2) is 45.5 Å². The van der Waals surface area contributed by atoms with Gasteiger partial charge in [-0.05, 0) is 43.9 Å². The summed E-state index contributed by atoms with van der Waals surface area (Å²) in [7, 11) is 0. The van der Waals surface area contributed by atoms with E-state index in [-0.39, 0.29) is 11.8 Å². The maximum Gasteiger partial charge on any atom is 0.307 e.